The number of morpholine rings is 1. The van der Waals surface area contributed by atoms with Gasteiger partial charge in [0.25, 0.3) is 5.56 Å². The highest BCUT2D eigenvalue weighted by Crippen LogP contribution is 2.22. The van der Waals surface area contributed by atoms with E-state index in [2.05, 4.69) is 25.3 Å². The second-order valence-corrected chi connectivity index (χ2v) is 8.48. The Morgan fingerprint density at radius 2 is 1.94 bits per heavy atom. The molecule has 3 aromatic rings. The van der Waals surface area contributed by atoms with Gasteiger partial charge in [-0.25, -0.2) is 9.97 Å². The number of aromatic amines is 2. The summed E-state index contributed by atoms with van der Waals surface area (Å²) in [4.78, 5) is 42.8. The molecule has 4 rings (SSSR count). The van der Waals surface area contributed by atoms with Gasteiger partial charge in [-0.05, 0) is 31.4 Å². The van der Waals surface area contributed by atoms with Crippen LogP contribution in [0.4, 0.5) is 5.95 Å². The summed E-state index contributed by atoms with van der Waals surface area (Å²) < 4.78 is 5.36. The van der Waals surface area contributed by atoms with Gasteiger partial charge in [0, 0.05) is 30.8 Å². The SMILES string of the molecule is Cc1nc(N2CCOCC2)[nH]c(=O)c1CCC(=O)NC(c1nc2ccccc2[nH]1)C(C)C. The lowest BCUT2D eigenvalue weighted by molar-refractivity contribution is -0.122. The molecule has 1 saturated heterocycles. The fourth-order valence-corrected chi connectivity index (χ4v) is 3.97. The lowest BCUT2D eigenvalue weighted by Gasteiger charge is -2.27. The average Bonchev–Trinajstić information content (AvgIpc) is 3.21. The van der Waals surface area contributed by atoms with Crippen LogP contribution < -0.4 is 15.8 Å². The van der Waals surface area contributed by atoms with E-state index in [0.717, 1.165) is 16.9 Å². The van der Waals surface area contributed by atoms with Crippen LogP contribution in [0.5, 0.6) is 0 Å². The van der Waals surface area contributed by atoms with Crippen LogP contribution in [-0.4, -0.2) is 52.1 Å². The van der Waals surface area contributed by atoms with Crippen LogP contribution in [0.1, 0.15) is 43.4 Å². The van der Waals surface area contributed by atoms with Gasteiger partial charge in [0.2, 0.25) is 11.9 Å². The Hall–Kier alpha value is -3.20. The smallest absolute Gasteiger partial charge is 0.255 e. The third-order valence-electron chi connectivity index (χ3n) is 5.81. The highest BCUT2D eigenvalue weighted by atomic mass is 16.5. The number of aryl methyl sites for hydroxylation is 1. The number of ether oxygens (including phenoxy) is 1. The van der Waals surface area contributed by atoms with Crippen LogP contribution in [0.15, 0.2) is 29.1 Å². The van der Waals surface area contributed by atoms with Crippen molar-refractivity contribution in [3.8, 4) is 0 Å². The molecule has 170 valence electrons. The Balaban J connectivity index is 1.42. The molecule has 2 aromatic heterocycles. The predicted molar refractivity (Wildman–Crippen MR) is 123 cm³/mol. The van der Waals surface area contributed by atoms with E-state index in [0.29, 0.717) is 49.9 Å². The first-order chi connectivity index (χ1) is 15.4. The maximum atomic E-state index is 12.7. The molecule has 0 bridgehead atoms. The molecule has 1 aliphatic rings. The summed E-state index contributed by atoms with van der Waals surface area (Å²) in [6.07, 6.45) is 0.528. The van der Waals surface area contributed by atoms with Crippen LogP contribution in [0.25, 0.3) is 11.0 Å². The van der Waals surface area contributed by atoms with Crippen LogP contribution in [0, 0.1) is 12.8 Å². The molecule has 0 spiro atoms. The van der Waals surface area contributed by atoms with Crippen LogP contribution >= 0.6 is 0 Å². The molecule has 32 heavy (non-hydrogen) atoms. The van der Waals surface area contributed by atoms with Crippen LogP contribution in [0.2, 0.25) is 0 Å². The van der Waals surface area contributed by atoms with Crippen molar-refractivity contribution in [2.75, 3.05) is 31.2 Å². The monoisotopic (exact) mass is 438 g/mol. The maximum Gasteiger partial charge on any atom is 0.255 e. The summed E-state index contributed by atoms with van der Waals surface area (Å²) in [6, 6.07) is 7.56. The number of rotatable bonds is 7. The van der Waals surface area contributed by atoms with E-state index in [4.69, 9.17) is 4.74 Å². The molecule has 0 aliphatic carbocycles. The minimum atomic E-state index is -0.240. The van der Waals surface area contributed by atoms with E-state index in [-0.39, 0.29) is 29.8 Å². The van der Waals surface area contributed by atoms with E-state index in [1.54, 1.807) is 0 Å². The van der Waals surface area contributed by atoms with E-state index in [9.17, 15) is 9.59 Å². The Bertz CT molecular complexity index is 1110. The molecule has 3 N–H and O–H groups in total. The number of fused-ring (bicyclic) bond motifs is 1. The van der Waals surface area contributed by atoms with E-state index in [1.807, 2.05) is 49.9 Å². The summed E-state index contributed by atoms with van der Waals surface area (Å²) in [5.41, 5.74) is 2.82. The fourth-order valence-electron chi connectivity index (χ4n) is 3.97. The molecule has 1 aromatic carbocycles. The highest BCUT2D eigenvalue weighted by molar-refractivity contribution is 5.77. The summed E-state index contributed by atoms with van der Waals surface area (Å²) in [6.45, 7) is 8.53. The molecule has 3 heterocycles. The molecule has 1 amide bonds. The number of carbonyl (C=O) groups excluding carboxylic acids is 1. The molecular weight excluding hydrogens is 408 g/mol. The van der Waals surface area contributed by atoms with Crippen molar-refractivity contribution in [3.63, 3.8) is 0 Å². The summed E-state index contributed by atoms with van der Waals surface area (Å²) in [7, 11) is 0. The number of amides is 1. The zero-order valence-electron chi connectivity index (χ0n) is 18.8. The van der Waals surface area contributed by atoms with Crippen molar-refractivity contribution >= 4 is 22.9 Å². The second-order valence-electron chi connectivity index (χ2n) is 8.48. The van der Waals surface area contributed by atoms with Gasteiger partial charge in [-0.2, -0.15) is 0 Å². The quantitative estimate of drug-likeness (QED) is 0.521. The van der Waals surface area contributed by atoms with Gasteiger partial charge >= 0.3 is 0 Å². The minimum Gasteiger partial charge on any atom is -0.378 e. The van der Waals surface area contributed by atoms with Gasteiger partial charge in [-0.1, -0.05) is 26.0 Å². The second kappa shape index (κ2) is 9.52. The van der Waals surface area contributed by atoms with Crippen LogP contribution in [0.3, 0.4) is 0 Å². The number of aromatic nitrogens is 4. The van der Waals surface area contributed by atoms with Gasteiger partial charge < -0.3 is 19.9 Å². The third-order valence-corrected chi connectivity index (χ3v) is 5.81. The Kier molecular flexibility index (Phi) is 6.55. The van der Waals surface area contributed by atoms with E-state index in [1.165, 1.54) is 0 Å². The number of benzene rings is 1. The normalized spacial score (nSPS) is 15.3. The number of imidazole rings is 1. The number of H-pyrrole nitrogens is 2. The van der Waals surface area contributed by atoms with Crippen molar-refractivity contribution in [1.29, 1.82) is 0 Å². The van der Waals surface area contributed by atoms with Crippen molar-refractivity contribution < 1.29 is 9.53 Å². The maximum absolute atomic E-state index is 12.7. The number of hydrogen-bond acceptors (Lipinski definition) is 6. The molecule has 1 fully saturated rings. The number of hydrogen-bond donors (Lipinski definition) is 3. The Morgan fingerprint density at radius 1 is 1.19 bits per heavy atom. The molecule has 1 atom stereocenters. The third kappa shape index (κ3) is 4.83. The molecule has 9 heteroatoms. The zero-order chi connectivity index (χ0) is 22.7. The minimum absolute atomic E-state index is 0.125. The molecule has 1 aliphatic heterocycles. The van der Waals surface area contributed by atoms with Gasteiger partial charge in [-0.3, -0.25) is 14.6 Å². The predicted octanol–water partition coefficient (Wildman–Crippen LogP) is 2.24. The van der Waals surface area contributed by atoms with Crippen LogP contribution in [-0.2, 0) is 16.0 Å². The lowest BCUT2D eigenvalue weighted by Crippen LogP contribution is -2.39. The van der Waals surface area contributed by atoms with Gasteiger partial charge in [0.05, 0.1) is 30.3 Å². The number of anilines is 1. The van der Waals surface area contributed by atoms with E-state index < -0.39 is 0 Å². The highest BCUT2D eigenvalue weighted by Gasteiger charge is 2.22. The Morgan fingerprint density at radius 3 is 2.62 bits per heavy atom. The van der Waals surface area contributed by atoms with Crippen molar-refractivity contribution in [2.24, 2.45) is 5.92 Å². The molecule has 1 unspecified atom stereocenters. The first kappa shape index (κ1) is 22.0. The first-order valence-electron chi connectivity index (χ1n) is 11.1. The van der Waals surface area contributed by atoms with Crippen molar-refractivity contribution in [3.05, 3.63) is 51.7 Å². The molecule has 9 nitrogen and oxygen atoms in total. The Labute approximate surface area is 186 Å². The average molecular weight is 439 g/mol. The summed E-state index contributed by atoms with van der Waals surface area (Å²) >= 11 is 0. The molecule has 0 radical (unpaired) electrons. The van der Waals surface area contributed by atoms with E-state index >= 15 is 0 Å². The van der Waals surface area contributed by atoms with Gasteiger partial charge in [0.15, 0.2) is 0 Å². The lowest BCUT2D eigenvalue weighted by atomic mass is 10.0. The largest absolute Gasteiger partial charge is 0.378 e. The van der Waals surface area contributed by atoms with Crippen molar-refractivity contribution in [1.82, 2.24) is 25.3 Å². The first-order valence-corrected chi connectivity index (χ1v) is 11.1. The molecular formula is C23H30N6O3. The number of nitrogens with one attached hydrogen (secondary N) is 3. The summed E-state index contributed by atoms with van der Waals surface area (Å²) in [5.74, 6) is 1.33. The number of carbonyl (C=O) groups is 1. The number of para-hydroxylation sites is 2. The van der Waals surface area contributed by atoms with Gasteiger partial charge in [0.1, 0.15) is 5.82 Å². The number of nitrogens with zero attached hydrogens (tertiary/aromatic N) is 3. The topological polar surface area (TPSA) is 116 Å². The zero-order valence-corrected chi connectivity index (χ0v) is 18.8. The molecule has 0 saturated carbocycles. The van der Waals surface area contributed by atoms with Gasteiger partial charge in [-0.15, -0.1) is 0 Å². The van der Waals surface area contributed by atoms with Crippen molar-refractivity contribution in [2.45, 2.75) is 39.7 Å². The summed E-state index contributed by atoms with van der Waals surface area (Å²) in [5, 5.41) is 3.08. The standard InChI is InChI=1S/C23H30N6O3/c1-14(2)20(21-25-17-6-4-5-7-18(17)26-21)27-19(30)9-8-16-15(3)24-23(28-22(16)31)29-10-12-32-13-11-29/h4-7,14,20H,8-13H2,1-3H3,(H,25,26)(H,27,30)(H,24,28,31). The fraction of sp³-hybridized carbons (Fsp3) is 0.478.